The Morgan fingerprint density at radius 3 is 0.909 bits per heavy atom. The van der Waals surface area contributed by atoms with Gasteiger partial charge in [0.2, 0.25) is 0 Å². The number of rotatable bonds is 6. The van der Waals surface area contributed by atoms with E-state index in [0.29, 0.717) is 22.2 Å². The lowest BCUT2D eigenvalue weighted by atomic mass is 9.90. The molecule has 0 N–H and O–H groups in total. The average molecular weight is 1030 g/mol. The highest BCUT2D eigenvalue weighted by Gasteiger charge is 2.48. The predicted molar refractivity (Wildman–Crippen MR) is 301 cm³/mol. The van der Waals surface area contributed by atoms with Crippen molar-refractivity contribution in [2.75, 3.05) is 0 Å². The summed E-state index contributed by atoms with van der Waals surface area (Å²) in [6.07, 6.45) is 9.84. The topological polar surface area (TPSA) is 0 Å². The van der Waals surface area contributed by atoms with Crippen LogP contribution in [-0.4, -0.2) is 16.1 Å². The number of benzene rings is 6. The summed E-state index contributed by atoms with van der Waals surface area (Å²) in [6, 6.07) is 36.9. The van der Waals surface area contributed by atoms with Crippen molar-refractivity contribution in [2.45, 2.75) is 118 Å². The molecule has 4 aliphatic carbocycles. The Labute approximate surface area is 415 Å². The average Bonchev–Trinajstić information content (AvgIpc) is 3.97. The van der Waals surface area contributed by atoms with Crippen LogP contribution in [0.3, 0.4) is 0 Å². The molecule has 4 atom stereocenters. The molecule has 336 valence electrons. The number of halogens is 2. The molecule has 0 nitrogen and oxygen atoms in total. The monoisotopic (exact) mass is 1020 g/mol. The van der Waals surface area contributed by atoms with Crippen LogP contribution in [0.25, 0.3) is 46.6 Å². The Morgan fingerprint density at radius 1 is 0.348 bits per heavy atom. The van der Waals surface area contributed by atoms with Crippen LogP contribution in [-0.2, 0) is 0 Å². The molecular weight excluding hydrogens is 961 g/mol. The van der Waals surface area contributed by atoms with Gasteiger partial charge in [0.25, 0.3) is 0 Å². The summed E-state index contributed by atoms with van der Waals surface area (Å²) in [7, 11) is -3.61. The summed E-state index contributed by atoms with van der Waals surface area (Å²) in [4.78, 5) is 0. The highest BCUT2D eigenvalue weighted by atomic mass is 79.9. The van der Waals surface area contributed by atoms with E-state index < -0.39 is 16.1 Å². The normalized spacial score (nSPS) is 19.3. The standard InChI is InChI=1S/C40H44Si.C22H22Br2Si/c1-23-17-25(3)37(26(4)18-23)31-13-11-15-33-35(31)21-29(7)39(33)41(9,10)40-30(8)22-36-32(14-12-16-34(36)40)38-27(5)19-24(2)20-28(38)6;1-13-11-17-15(7-5-9-19(17)23)21(13)25(3,4)22-14(2)12-18-16(22)8-6-10-20(18)24/h11-22,39-40H,1-10H3;5-12,21-22H,1-4H3. The van der Waals surface area contributed by atoms with Crippen molar-refractivity contribution < 1.29 is 0 Å². The highest BCUT2D eigenvalue weighted by Crippen LogP contribution is 2.56. The summed E-state index contributed by atoms with van der Waals surface area (Å²) in [5.41, 5.74) is 33.8. The third kappa shape index (κ3) is 7.67. The molecule has 0 aliphatic heterocycles. The van der Waals surface area contributed by atoms with Gasteiger partial charge in [-0.3, -0.25) is 0 Å². The van der Waals surface area contributed by atoms with E-state index in [9.17, 15) is 0 Å². The van der Waals surface area contributed by atoms with Gasteiger partial charge < -0.3 is 0 Å². The fourth-order valence-electron chi connectivity index (χ4n) is 14.1. The minimum Gasteiger partial charge on any atom is -0.0679 e. The molecule has 4 unspecified atom stereocenters. The first-order valence-corrected chi connectivity index (χ1v) is 31.8. The van der Waals surface area contributed by atoms with E-state index in [0.717, 1.165) is 0 Å². The van der Waals surface area contributed by atoms with Crippen LogP contribution in [0.2, 0.25) is 26.2 Å². The summed E-state index contributed by atoms with van der Waals surface area (Å²) in [5, 5.41) is 0. The number of aryl methyl sites for hydroxylation is 6. The lowest BCUT2D eigenvalue weighted by Gasteiger charge is -2.39. The van der Waals surface area contributed by atoms with Crippen LogP contribution in [0.1, 0.15) is 128 Å². The van der Waals surface area contributed by atoms with Gasteiger partial charge in [0.15, 0.2) is 0 Å². The van der Waals surface area contributed by atoms with Crippen LogP contribution in [0.15, 0.2) is 128 Å². The number of hydrogen-bond donors (Lipinski definition) is 0. The fourth-order valence-corrected chi connectivity index (χ4v) is 25.0. The number of fused-ring (bicyclic) bond motifs is 4. The van der Waals surface area contributed by atoms with Gasteiger partial charge in [-0.05, 0) is 170 Å². The SMILES string of the molecule is CC1=Cc2c(-c3c(C)cc(C)cc3C)cccc2C1[Si](C)(C)C1C(C)=Cc2c(-c3c(C)cc(C)cc3C)cccc21.CC1=Cc2c(Br)cccc2C1[Si](C)(C)C1C(C)=Cc2c(Br)cccc21. The van der Waals surface area contributed by atoms with E-state index >= 15 is 0 Å². The van der Waals surface area contributed by atoms with Crippen molar-refractivity contribution in [1.82, 2.24) is 0 Å². The van der Waals surface area contributed by atoms with Gasteiger partial charge in [-0.15, -0.1) is 0 Å². The second-order valence-corrected chi connectivity index (χ2v) is 32.9. The summed E-state index contributed by atoms with van der Waals surface area (Å²) in [6.45, 7) is 33.4. The largest absolute Gasteiger partial charge is 0.0722 e. The van der Waals surface area contributed by atoms with E-state index in [4.69, 9.17) is 0 Å². The van der Waals surface area contributed by atoms with Crippen molar-refractivity contribution in [3.05, 3.63) is 206 Å². The van der Waals surface area contributed by atoms with Gasteiger partial charge in [-0.1, -0.05) is 201 Å². The van der Waals surface area contributed by atoms with Crippen LogP contribution in [0.5, 0.6) is 0 Å². The van der Waals surface area contributed by atoms with Gasteiger partial charge in [0, 0.05) is 31.1 Å². The third-order valence-corrected chi connectivity index (χ3v) is 26.3. The Kier molecular flexibility index (Phi) is 12.3. The molecule has 0 amide bonds. The number of hydrogen-bond acceptors (Lipinski definition) is 0. The van der Waals surface area contributed by atoms with Gasteiger partial charge in [0.05, 0.1) is 16.1 Å². The van der Waals surface area contributed by atoms with Crippen LogP contribution < -0.4 is 0 Å². The van der Waals surface area contributed by atoms with E-state index in [1.165, 1.54) is 120 Å². The lowest BCUT2D eigenvalue weighted by molar-refractivity contribution is 0.967. The van der Waals surface area contributed by atoms with Crippen LogP contribution >= 0.6 is 31.9 Å². The Bertz CT molecular complexity index is 2880. The molecule has 4 heteroatoms. The minimum absolute atomic E-state index is 0.495. The van der Waals surface area contributed by atoms with Crippen molar-refractivity contribution in [3.63, 3.8) is 0 Å². The van der Waals surface area contributed by atoms with Crippen molar-refractivity contribution in [2.24, 2.45) is 0 Å². The molecule has 0 aromatic heterocycles. The van der Waals surface area contributed by atoms with Crippen molar-refractivity contribution in [1.29, 1.82) is 0 Å². The van der Waals surface area contributed by atoms with E-state index in [1.807, 2.05) is 0 Å². The molecule has 6 aromatic rings. The van der Waals surface area contributed by atoms with Gasteiger partial charge in [0.1, 0.15) is 0 Å². The molecule has 0 radical (unpaired) electrons. The zero-order valence-electron chi connectivity index (χ0n) is 41.6. The maximum absolute atomic E-state index is 3.75. The molecule has 0 heterocycles. The first kappa shape index (κ1) is 46.8. The summed E-state index contributed by atoms with van der Waals surface area (Å²) in [5.74, 6) is 0. The van der Waals surface area contributed by atoms with E-state index in [-0.39, 0.29) is 0 Å². The second-order valence-electron chi connectivity index (χ2n) is 21.6. The lowest BCUT2D eigenvalue weighted by Crippen LogP contribution is -2.42. The quantitative estimate of drug-likeness (QED) is 0.146. The fraction of sp³-hybridized carbons (Fsp3) is 0.290. The molecule has 10 rings (SSSR count). The predicted octanol–water partition coefficient (Wildman–Crippen LogP) is 19.1. The third-order valence-electron chi connectivity index (χ3n) is 15.9. The van der Waals surface area contributed by atoms with Crippen molar-refractivity contribution >= 4 is 72.3 Å². The molecule has 0 bridgehead atoms. The highest BCUT2D eigenvalue weighted by molar-refractivity contribution is 9.10. The summed E-state index contributed by atoms with van der Waals surface area (Å²) >= 11 is 7.51. The first-order chi connectivity index (χ1) is 31.2. The maximum Gasteiger partial charge on any atom is 0.0722 e. The molecular formula is C62H66Br2Si2. The zero-order chi connectivity index (χ0) is 47.3. The van der Waals surface area contributed by atoms with Gasteiger partial charge in [-0.2, -0.15) is 0 Å². The first-order valence-electron chi connectivity index (χ1n) is 23.9. The molecule has 4 aliphatic rings. The van der Waals surface area contributed by atoms with Crippen LogP contribution in [0, 0.1) is 41.5 Å². The maximum atomic E-state index is 3.75. The Hall–Kier alpha value is -4.33. The molecule has 0 spiro atoms. The Morgan fingerprint density at radius 2 is 0.606 bits per heavy atom. The second kappa shape index (κ2) is 17.3. The molecule has 0 fully saturated rings. The van der Waals surface area contributed by atoms with E-state index in [1.54, 1.807) is 11.1 Å². The smallest absolute Gasteiger partial charge is 0.0679 e. The molecule has 6 aromatic carbocycles. The minimum atomic E-state index is -1.92. The van der Waals surface area contributed by atoms with Gasteiger partial charge >= 0.3 is 0 Å². The summed E-state index contributed by atoms with van der Waals surface area (Å²) < 4.78 is 2.44. The number of allylic oxidation sites excluding steroid dienone is 4. The molecule has 0 saturated carbocycles. The van der Waals surface area contributed by atoms with Crippen molar-refractivity contribution in [3.8, 4) is 22.3 Å². The van der Waals surface area contributed by atoms with Crippen LogP contribution in [0.4, 0.5) is 0 Å². The van der Waals surface area contributed by atoms with Gasteiger partial charge in [-0.25, -0.2) is 0 Å². The van der Waals surface area contributed by atoms with E-state index in [2.05, 4.69) is 249 Å². The molecule has 66 heavy (non-hydrogen) atoms. The zero-order valence-corrected chi connectivity index (χ0v) is 46.8. The molecule has 0 saturated heterocycles. The Balaban J connectivity index is 0.000000187.